The molecule has 5 heteroatoms. The second-order valence-electron chi connectivity index (χ2n) is 5.18. The van der Waals surface area contributed by atoms with Gasteiger partial charge in [-0.3, -0.25) is 9.48 Å². The van der Waals surface area contributed by atoms with Crippen molar-refractivity contribution in [1.29, 1.82) is 0 Å². The first-order chi connectivity index (χ1) is 8.66. The summed E-state index contributed by atoms with van der Waals surface area (Å²) in [5.74, 6) is 1.19. The molecule has 1 fully saturated rings. The van der Waals surface area contributed by atoms with Crippen molar-refractivity contribution in [3.05, 3.63) is 6.20 Å². The summed E-state index contributed by atoms with van der Waals surface area (Å²) in [6.45, 7) is 0. The highest BCUT2D eigenvalue weighted by molar-refractivity contribution is 5.92. The number of nitrogens with zero attached hydrogens (tertiary/aromatic N) is 2. The summed E-state index contributed by atoms with van der Waals surface area (Å²) >= 11 is 0. The summed E-state index contributed by atoms with van der Waals surface area (Å²) in [7, 11) is 1.78. The molecule has 1 aliphatic carbocycles. The second kappa shape index (κ2) is 5.89. The van der Waals surface area contributed by atoms with Gasteiger partial charge in [-0.2, -0.15) is 5.10 Å². The molecule has 1 aliphatic rings. The van der Waals surface area contributed by atoms with Gasteiger partial charge < -0.3 is 11.1 Å². The number of nitrogens with one attached hydrogen (secondary N) is 1. The van der Waals surface area contributed by atoms with E-state index in [-0.39, 0.29) is 5.91 Å². The van der Waals surface area contributed by atoms with Gasteiger partial charge in [0.1, 0.15) is 0 Å². The Bertz CT molecular complexity index is 386. The number of hydrogen-bond acceptors (Lipinski definition) is 3. The highest BCUT2D eigenvalue weighted by Crippen LogP contribution is 2.26. The molecular weight excluding hydrogens is 228 g/mol. The summed E-state index contributed by atoms with van der Waals surface area (Å²) in [6, 6.07) is 0. The fourth-order valence-corrected chi connectivity index (χ4v) is 2.62. The van der Waals surface area contributed by atoms with Gasteiger partial charge in [0.25, 0.3) is 0 Å². The van der Waals surface area contributed by atoms with E-state index in [0.717, 1.165) is 0 Å². The van der Waals surface area contributed by atoms with Crippen LogP contribution >= 0.6 is 0 Å². The molecule has 100 valence electrons. The second-order valence-corrected chi connectivity index (χ2v) is 5.18. The molecule has 0 atom stereocenters. The van der Waals surface area contributed by atoms with Crippen LogP contribution in [0.5, 0.6) is 0 Å². The minimum atomic E-state index is 0.0530. The quantitative estimate of drug-likeness (QED) is 0.808. The monoisotopic (exact) mass is 250 g/mol. The molecule has 0 spiro atoms. The van der Waals surface area contributed by atoms with Crippen molar-refractivity contribution >= 4 is 17.4 Å². The van der Waals surface area contributed by atoms with Crippen molar-refractivity contribution in [3.63, 3.8) is 0 Å². The van der Waals surface area contributed by atoms with E-state index in [0.29, 0.717) is 23.8 Å². The predicted molar refractivity (Wildman–Crippen MR) is 72.1 cm³/mol. The fraction of sp³-hybridized carbons (Fsp3) is 0.692. The molecule has 1 aromatic rings. The highest BCUT2D eigenvalue weighted by Gasteiger charge is 2.17. The zero-order valence-corrected chi connectivity index (χ0v) is 11.0. The van der Waals surface area contributed by atoms with Crippen molar-refractivity contribution < 1.29 is 4.79 Å². The number of hydrogen-bond donors (Lipinski definition) is 2. The van der Waals surface area contributed by atoms with Crippen LogP contribution < -0.4 is 11.1 Å². The van der Waals surface area contributed by atoms with E-state index in [1.165, 1.54) is 38.5 Å². The van der Waals surface area contributed by atoms with E-state index in [1.54, 1.807) is 17.9 Å². The van der Waals surface area contributed by atoms with E-state index in [2.05, 4.69) is 10.4 Å². The Labute approximate surface area is 108 Å². The summed E-state index contributed by atoms with van der Waals surface area (Å²) in [6.07, 6.45) is 9.64. The number of aryl methyl sites for hydroxylation is 1. The maximum atomic E-state index is 12.0. The first kappa shape index (κ1) is 12.9. The number of rotatable bonds is 3. The largest absolute Gasteiger partial charge is 0.394 e. The zero-order chi connectivity index (χ0) is 13.0. The van der Waals surface area contributed by atoms with Crippen LogP contribution in [0.1, 0.15) is 44.9 Å². The molecule has 18 heavy (non-hydrogen) atoms. The number of carbonyl (C=O) groups excluding carboxylic acids is 1. The molecule has 0 bridgehead atoms. The molecule has 1 saturated carbocycles. The van der Waals surface area contributed by atoms with E-state index in [4.69, 9.17) is 5.73 Å². The first-order valence-electron chi connectivity index (χ1n) is 6.74. The van der Waals surface area contributed by atoms with Crippen LogP contribution in [-0.4, -0.2) is 15.7 Å². The lowest BCUT2D eigenvalue weighted by Crippen LogP contribution is -2.18. The number of nitrogen functional groups attached to an aromatic ring is 1. The lowest BCUT2D eigenvalue weighted by atomic mass is 9.96. The minimum Gasteiger partial charge on any atom is -0.394 e. The number of carbonyl (C=O) groups is 1. The molecule has 0 aromatic carbocycles. The first-order valence-corrected chi connectivity index (χ1v) is 6.74. The van der Waals surface area contributed by atoms with E-state index in [1.807, 2.05) is 0 Å². The summed E-state index contributed by atoms with van der Waals surface area (Å²) < 4.78 is 1.60. The smallest absolute Gasteiger partial charge is 0.225 e. The van der Waals surface area contributed by atoms with Crippen molar-refractivity contribution in [1.82, 2.24) is 9.78 Å². The van der Waals surface area contributed by atoms with Crippen LogP contribution in [0.25, 0.3) is 0 Å². The Morgan fingerprint density at radius 1 is 1.44 bits per heavy atom. The molecule has 0 radical (unpaired) electrons. The number of nitrogens with two attached hydrogens (primary N) is 1. The molecule has 1 amide bonds. The van der Waals surface area contributed by atoms with Crippen molar-refractivity contribution in [2.24, 2.45) is 13.0 Å². The molecule has 5 nitrogen and oxygen atoms in total. The molecule has 2 rings (SSSR count). The molecule has 0 unspecified atom stereocenters. The molecular formula is C13H22N4O. The fourth-order valence-electron chi connectivity index (χ4n) is 2.62. The van der Waals surface area contributed by atoms with Gasteiger partial charge in [-0.25, -0.2) is 0 Å². The van der Waals surface area contributed by atoms with Gasteiger partial charge in [-0.05, 0) is 18.8 Å². The Morgan fingerprint density at radius 2 is 2.11 bits per heavy atom. The van der Waals surface area contributed by atoms with Crippen molar-refractivity contribution in [2.45, 2.75) is 44.9 Å². The molecule has 3 N–H and O–H groups in total. The van der Waals surface area contributed by atoms with Gasteiger partial charge in [0.05, 0.1) is 11.9 Å². The van der Waals surface area contributed by atoms with Crippen molar-refractivity contribution in [2.75, 3.05) is 11.1 Å². The lowest BCUT2D eigenvalue weighted by molar-refractivity contribution is -0.117. The van der Waals surface area contributed by atoms with Gasteiger partial charge >= 0.3 is 0 Å². The highest BCUT2D eigenvalue weighted by atomic mass is 16.1. The van der Waals surface area contributed by atoms with Crippen LogP contribution in [0, 0.1) is 5.92 Å². The van der Waals surface area contributed by atoms with Crippen LogP contribution in [0.2, 0.25) is 0 Å². The molecule has 0 saturated heterocycles. The standard InChI is InChI=1S/C13H22N4O/c1-17-13(11(14)9-15-17)16-12(18)8-10-6-4-2-3-5-7-10/h9-10H,2-8,14H2,1H3,(H,16,18). The van der Waals surface area contributed by atoms with Crippen LogP contribution in [0.4, 0.5) is 11.5 Å². The Kier molecular flexibility index (Phi) is 4.23. The van der Waals surface area contributed by atoms with E-state index < -0.39 is 0 Å². The van der Waals surface area contributed by atoms with Gasteiger partial charge in [-0.15, -0.1) is 0 Å². The predicted octanol–water partition coefficient (Wildman–Crippen LogP) is 2.30. The Hall–Kier alpha value is -1.52. The Morgan fingerprint density at radius 3 is 2.67 bits per heavy atom. The summed E-state index contributed by atoms with van der Waals surface area (Å²) in [5, 5.41) is 6.87. The summed E-state index contributed by atoms with van der Waals surface area (Å²) in [4.78, 5) is 12.0. The summed E-state index contributed by atoms with van der Waals surface area (Å²) in [5.41, 5.74) is 6.27. The maximum absolute atomic E-state index is 12.0. The van der Waals surface area contributed by atoms with Gasteiger partial charge in [0.15, 0.2) is 5.82 Å². The van der Waals surface area contributed by atoms with Gasteiger partial charge in [0.2, 0.25) is 5.91 Å². The molecule has 1 heterocycles. The number of aromatic nitrogens is 2. The number of anilines is 2. The molecule has 0 aliphatic heterocycles. The third-order valence-corrected chi connectivity index (χ3v) is 3.67. The minimum absolute atomic E-state index is 0.0530. The van der Waals surface area contributed by atoms with Gasteiger partial charge in [0, 0.05) is 13.5 Å². The van der Waals surface area contributed by atoms with Gasteiger partial charge in [-0.1, -0.05) is 25.7 Å². The van der Waals surface area contributed by atoms with E-state index in [9.17, 15) is 4.79 Å². The third kappa shape index (κ3) is 3.24. The van der Waals surface area contributed by atoms with Crippen LogP contribution in [-0.2, 0) is 11.8 Å². The zero-order valence-electron chi connectivity index (χ0n) is 11.0. The van der Waals surface area contributed by atoms with Crippen LogP contribution in [0.15, 0.2) is 6.20 Å². The molecule has 1 aromatic heterocycles. The lowest BCUT2D eigenvalue weighted by Gasteiger charge is -2.13. The van der Waals surface area contributed by atoms with E-state index >= 15 is 0 Å². The topological polar surface area (TPSA) is 72.9 Å². The SMILES string of the molecule is Cn1ncc(N)c1NC(=O)CC1CCCCCC1. The number of amides is 1. The maximum Gasteiger partial charge on any atom is 0.225 e. The average Bonchev–Trinajstić information content (AvgIpc) is 2.59. The average molecular weight is 250 g/mol. The normalized spacial score (nSPS) is 17.4. The van der Waals surface area contributed by atoms with Crippen LogP contribution in [0.3, 0.4) is 0 Å². The Balaban J connectivity index is 1.88. The van der Waals surface area contributed by atoms with Crippen molar-refractivity contribution in [3.8, 4) is 0 Å². The third-order valence-electron chi connectivity index (χ3n) is 3.67.